The van der Waals surface area contributed by atoms with Crippen LogP contribution in [-0.2, 0) is 9.53 Å². The molecule has 0 aliphatic carbocycles. The molecule has 1 amide bonds. The molecule has 0 atom stereocenters. The Kier molecular flexibility index (Phi) is 5.96. The number of carbonyl (C=O) groups is 1. The van der Waals surface area contributed by atoms with E-state index in [0.717, 1.165) is 0 Å². The van der Waals surface area contributed by atoms with Gasteiger partial charge in [-0.15, -0.1) is 0 Å². The second-order valence-electron chi connectivity index (χ2n) is 4.44. The minimum Gasteiger partial charge on any atom is -0.388 e. The third kappa shape index (κ3) is 4.07. The highest BCUT2D eigenvalue weighted by molar-refractivity contribution is 7.82. The summed E-state index contributed by atoms with van der Waals surface area (Å²) in [5.41, 5.74) is 8.60. The highest BCUT2D eigenvalue weighted by atomic mass is 35.5. The molecular formula is C13H14Cl2N4O2S. The van der Waals surface area contributed by atoms with Crippen molar-refractivity contribution in [1.29, 1.82) is 0 Å². The summed E-state index contributed by atoms with van der Waals surface area (Å²) in [4.78, 5) is 13.9. The largest absolute Gasteiger partial charge is 0.388 e. The van der Waals surface area contributed by atoms with E-state index in [-0.39, 0.29) is 16.6 Å². The zero-order valence-electron chi connectivity index (χ0n) is 11.5. The van der Waals surface area contributed by atoms with Crippen LogP contribution in [0.4, 0.5) is 5.69 Å². The second-order valence-corrected chi connectivity index (χ2v) is 5.69. The zero-order valence-corrected chi connectivity index (χ0v) is 13.8. The highest BCUT2D eigenvalue weighted by Gasteiger charge is 2.24. The number of nitrogens with one attached hydrogen (secondary N) is 1. The summed E-state index contributed by atoms with van der Waals surface area (Å²) in [6, 6.07) is 5.00. The number of halogens is 2. The van der Waals surface area contributed by atoms with Crippen LogP contribution in [0.15, 0.2) is 23.3 Å². The van der Waals surface area contributed by atoms with Gasteiger partial charge in [-0.05, 0) is 12.1 Å². The Hall–Kier alpha value is -1.41. The van der Waals surface area contributed by atoms with Crippen LogP contribution < -0.4 is 11.2 Å². The molecule has 6 nitrogen and oxygen atoms in total. The summed E-state index contributed by atoms with van der Waals surface area (Å²) in [7, 11) is 0. The van der Waals surface area contributed by atoms with Crippen LogP contribution in [0.3, 0.4) is 0 Å². The van der Waals surface area contributed by atoms with E-state index < -0.39 is 0 Å². The van der Waals surface area contributed by atoms with Gasteiger partial charge in [0.15, 0.2) is 5.71 Å². The molecule has 1 fully saturated rings. The van der Waals surface area contributed by atoms with E-state index in [0.29, 0.717) is 42.0 Å². The molecule has 9 heteroatoms. The number of hydrazone groups is 1. The van der Waals surface area contributed by atoms with Crippen LogP contribution in [-0.4, -0.2) is 47.8 Å². The Morgan fingerprint density at radius 2 is 1.91 bits per heavy atom. The van der Waals surface area contributed by atoms with E-state index in [4.69, 9.17) is 45.9 Å². The van der Waals surface area contributed by atoms with Gasteiger partial charge in [0.25, 0.3) is 5.91 Å². The van der Waals surface area contributed by atoms with Gasteiger partial charge in [0.05, 0.1) is 28.9 Å². The minimum absolute atomic E-state index is 0.0483. The van der Waals surface area contributed by atoms with Crippen LogP contribution >= 0.6 is 35.4 Å². The van der Waals surface area contributed by atoms with Crippen molar-refractivity contribution < 1.29 is 9.53 Å². The molecule has 22 heavy (non-hydrogen) atoms. The first-order chi connectivity index (χ1) is 10.5. The van der Waals surface area contributed by atoms with E-state index in [1.54, 1.807) is 23.1 Å². The van der Waals surface area contributed by atoms with Crippen molar-refractivity contribution in [2.75, 3.05) is 31.7 Å². The topological polar surface area (TPSA) is 79.9 Å². The molecule has 0 spiro atoms. The van der Waals surface area contributed by atoms with Gasteiger partial charge in [0, 0.05) is 13.1 Å². The molecule has 0 unspecified atom stereocenters. The maximum atomic E-state index is 12.4. The quantitative estimate of drug-likeness (QED) is 0.487. The van der Waals surface area contributed by atoms with Crippen molar-refractivity contribution in [1.82, 2.24) is 4.90 Å². The SMILES string of the molecule is NC(=S)C(=NNc1c(Cl)cccc1Cl)C(=O)N1CCOCC1. The van der Waals surface area contributed by atoms with Crippen LogP contribution in [0.25, 0.3) is 0 Å². The van der Waals surface area contributed by atoms with Crippen LogP contribution in [0, 0.1) is 0 Å². The number of rotatable bonds is 4. The van der Waals surface area contributed by atoms with Gasteiger partial charge in [0.1, 0.15) is 4.99 Å². The molecule has 0 bridgehead atoms. The lowest BCUT2D eigenvalue weighted by Crippen LogP contribution is -2.47. The van der Waals surface area contributed by atoms with Crippen molar-refractivity contribution in [3.8, 4) is 0 Å². The standard InChI is InChI=1S/C13H14Cl2N4O2S/c14-8-2-1-3-9(15)10(8)17-18-11(12(16)22)13(20)19-4-6-21-7-5-19/h1-3,17H,4-7H2,(H2,16,22). The number of amides is 1. The maximum absolute atomic E-state index is 12.4. The number of thiocarbonyl (C=S) groups is 1. The van der Waals surface area contributed by atoms with Crippen LogP contribution in [0.2, 0.25) is 10.0 Å². The van der Waals surface area contributed by atoms with Gasteiger partial charge < -0.3 is 15.4 Å². The first kappa shape index (κ1) is 17.0. The van der Waals surface area contributed by atoms with E-state index >= 15 is 0 Å². The molecule has 0 saturated carbocycles. The predicted molar refractivity (Wildman–Crippen MR) is 91.7 cm³/mol. The number of para-hydroxylation sites is 1. The number of hydrogen-bond donors (Lipinski definition) is 2. The number of ether oxygens (including phenoxy) is 1. The molecular weight excluding hydrogens is 347 g/mol. The number of hydrogen-bond acceptors (Lipinski definition) is 5. The first-order valence-corrected chi connectivity index (χ1v) is 7.61. The van der Waals surface area contributed by atoms with Gasteiger partial charge in [0.2, 0.25) is 0 Å². The number of nitrogens with zero attached hydrogens (tertiary/aromatic N) is 2. The molecule has 0 aromatic heterocycles. The lowest BCUT2D eigenvalue weighted by Gasteiger charge is -2.26. The normalized spacial score (nSPS) is 15.5. The summed E-state index contributed by atoms with van der Waals surface area (Å²) in [5.74, 6) is -0.355. The molecule has 3 N–H and O–H groups in total. The molecule has 118 valence electrons. The van der Waals surface area contributed by atoms with Gasteiger partial charge >= 0.3 is 0 Å². The molecule has 1 aromatic carbocycles. The number of morpholine rings is 1. The van der Waals surface area contributed by atoms with Crippen molar-refractivity contribution in [2.45, 2.75) is 0 Å². The monoisotopic (exact) mass is 360 g/mol. The van der Waals surface area contributed by atoms with E-state index in [2.05, 4.69) is 10.5 Å². The second kappa shape index (κ2) is 7.73. The molecule has 2 rings (SSSR count). The fraction of sp³-hybridized carbons (Fsp3) is 0.308. The van der Waals surface area contributed by atoms with Crippen molar-refractivity contribution in [3.63, 3.8) is 0 Å². The van der Waals surface area contributed by atoms with Crippen LogP contribution in [0.5, 0.6) is 0 Å². The minimum atomic E-state index is -0.355. The predicted octanol–water partition coefficient (Wildman–Crippen LogP) is 1.91. The zero-order chi connectivity index (χ0) is 16.1. The molecule has 1 aromatic rings. The summed E-state index contributed by atoms with van der Waals surface area (Å²) in [6.45, 7) is 1.88. The first-order valence-electron chi connectivity index (χ1n) is 6.45. The van der Waals surface area contributed by atoms with Crippen molar-refractivity contribution in [2.24, 2.45) is 10.8 Å². The Labute approximate surface area is 143 Å². The summed E-state index contributed by atoms with van der Waals surface area (Å²) >= 11 is 17.0. The third-order valence-corrected chi connectivity index (χ3v) is 3.80. The lowest BCUT2D eigenvalue weighted by atomic mass is 10.3. The number of nitrogens with two attached hydrogens (primary N) is 1. The van der Waals surface area contributed by atoms with Gasteiger partial charge in [-0.25, -0.2) is 0 Å². The summed E-state index contributed by atoms with van der Waals surface area (Å²) in [6.07, 6.45) is 0. The third-order valence-electron chi connectivity index (χ3n) is 2.98. The lowest BCUT2D eigenvalue weighted by molar-refractivity contribution is -0.127. The van der Waals surface area contributed by atoms with Crippen LogP contribution in [0.1, 0.15) is 0 Å². The van der Waals surface area contributed by atoms with E-state index in [1.165, 1.54) is 0 Å². The number of benzene rings is 1. The summed E-state index contributed by atoms with van der Waals surface area (Å²) in [5, 5.41) is 4.73. The smallest absolute Gasteiger partial charge is 0.277 e. The van der Waals surface area contributed by atoms with Crippen molar-refractivity contribution >= 4 is 57.7 Å². The maximum Gasteiger partial charge on any atom is 0.277 e. The van der Waals surface area contributed by atoms with E-state index in [9.17, 15) is 4.79 Å². The number of anilines is 1. The Balaban J connectivity index is 2.20. The fourth-order valence-electron chi connectivity index (χ4n) is 1.84. The van der Waals surface area contributed by atoms with Gasteiger partial charge in [-0.3, -0.25) is 10.2 Å². The average Bonchev–Trinajstić information content (AvgIpc) is 2.50. The highest BCUT2D eigenvalue weighted by Crippen LogP contribution is 2.29. The Morgan fingerprint density at radius 3 is 2.45 bits per heavy atom. The van der Waals surface area contributed by atoms with Gasteiger partial charge in [-0.1, -0.05) is 41.5 Å². The number of carbonyl (C=O) groups excluding carboxylic acids is 1. The molecule has 1 aliphatic rings. The Morgan fingerprint density at radius 1 is 1.32 bits per heavy atom. The average molecular weight is 361 g/mol. The molecule has 1 heterocycles. The Bertz CT molecular complexity index is 598. The summed E-state index contributed by atoms with van der Waals surface area (Å²) < 4.78 is 5.20. The molecule has 1 aliphatic heterocycles. The fourth-order valence-corrected chi connectivity index (χ4v) is 2.46. The molecule has 1 saturated heterocycles. The van der Waals surface area contributed by atoms with Gasteiger partial charge in [-0.2, -0.15) is 5.10 Å². The van der Waals surface area contributed by atoms with E-state index in [1.807, 2.05) is 0 Å². The van der Waals surface area contributed by atoms with Crippen molar-refractivity contribution in [3.05, 3.63) is 28.2 Å². The molecule has 0 radical (unpaired) electrons.